The van der Waals surface area contributed by atoms with Crippen molar-refractivity contribution in [2.45, 2.75) is 85.0 Å². The molecule has 0 rings (SSSR count). The maximum atomic E-state index is 12.0. The second-order valence-corrected chi connectivity index (χ2v) is 7.89. The molecule has 0 fully saturated rings. The Labute approximate surface area is 179 Å². The smallest absolute Gasteiger partial charge is 0.222 e. The summed E-state index contributed by atoms with van der Waals surface area (Å²) in [6.07, 6.45) is 28.8. The van der Waals surface area contributed by atoms with Gasteiger partial charge in [-0.15, -0.1) is 0 Å². The van der Waals surface area contributed by atoms with Crippen LogP contribution in [-0.2, 0) is 4.79 Å². The molecule has 166 valence electrons. The van der Waals surface area contributed by atoms with Crippen molar-refractivity contribution in [1.29, 1.82) is 0 Å². The fourth-order valence-corrected chi connectivity index (χ4v) is 2.94. The number of carbonyl (C=O) groups excluding carboxylic acids is 1. The zero-order valence-electron chi connectivity index (χ0n) is 19.0. The predicted molar refractivity (Wildman–Crippen MR) is 126 cm³/mol. The average molecular weight is 406 g/mol. The Morgan fingerprint density at radius 2 is 1.45 bits per heavy atom. The zero-order valence-corrected chi connectivity index (χ0v) is 19.0. The van der Waals surface area contributed by atoms with Crippen molar-refractivity contribution in [2.75, 3.05) is 13.2 Å². The third kappa shape index (κ3) is 19.4. The number of halogens is 1. The number of allylic oxidation sites excluding steroid dienone is 8. The molecule has 1 unspecified atom stereocenters. The Kier molecular flexibility index (Phi) is 19.9. The van der Waals surface area contributed by atoms with Gasteiger partial charge in [0.15, 0.2) is 0 Å². The second-order valence-electron chi connectivity index (χ2n) is 7.89. The lowest BCUT2D eigenvalue weighted by Gasteiger charge is -2.09. The van der Waals surface area contributed by atoms with E-state index in [1.165, 1.54) is 32.1 Å². The molecule has 0 aliphatic rings. The molecular formula is C26H44FNO. The minimum atomic E-state index is -0.505. The number of amides is 1. The van der Waals surface area contributed by atoms with Gasteiger partial charge in [-0.1, -0.05) is 95.1 Å². The van der Waals surface area contributed by atoms with Crippen LogP contribution < -0.4 is 5.32 Å². The lowest BCUT2D eigenvalue weighted by Crippen LogP contribution is -2.30. The van der Waals surface area contributed by atoms with Crippen molar-refractivity contribution < 1.29 is 9.18 Å². The molecule has 0 spiro atoms. The summed E-state index contributed by atoms with van der Waals surface area (Å²) in [4.78, 5) is 11.6. The third-order valence-electron chi connectivity index (χ3n) is 4.93. The van der Waals surface area contributed by atoms with Crippen molar-refractivity contribution in [2.24, 2.45) is 11.8 Å². The topological polar surface area (TPSA) is 29.1 Å². The minimum absolute atomic E-state index is 0.0564. The zero-order chi connectivity index (χ0) is 21.6. The molecule has 0 aliphatic carbocycles. The van der Waals surface area contributed by atoms with E-state index in [0.29, 0.717) is 0 Å². The number of nitrogens with one attached hydrogen (secondary N) is 1. The quantitative estimate of drug-likeness (QED) is 0.186. The summed E-state index contributed by atoms with van der Waals surface area (Å²) in [6, 6.07) is 0. The Bertz CT molecular complexity index is 493. The molecule has 3 heteroatoms. The van der Waals surface area contributed by atoms with Crippen LogP contribution in [0.1, 0.15) is 85.0 Å². The average Bonchev–Trinajstić information content (AvgIpc) is 2.72. The van der Waals surface area contributed by atoms with E-state index >= 15 is 0 Å². The predicted octanol–water partition coefficient (Wildman–Crippen LogP) is 7.49. The van der Waals surface area contributed by atoms with Crippen molar-refractivity contribution in [3.05, 3.63) is 48.6 Å². The fraction of sp³-hybridized carbons (Fsp3) is 0.654. The minimum Gasteiger partial charge on any atom is -0.353 e. The van der Waals surface area contributed by atoms with Gasteiger partial charge in [0.25, 0.3) is 0 Å². The Balaban J connectivity index is 3.64. The molecule has 0 aromatic carbocycles. The number of carbonyl (C=O) groups is 1. The highest BCUT2D eigenvalue weighted by Gasteiger charge is 2.10. The second kappa shape index (κ2) is 21.1. The Morgan fingerprint density at radius 1 is 0.862 bits per heavy atom. The summed E-state index contributed by atoms with van der Waals surface area (Å²) in [5.41, 5.74) is 0. The molecule has 2 atom stereocenters. The van der Waals surface area contributed by atoms with Crippen LogP contribution in [0.15, 0.2) is 48.6 Å². The first-order chi connectivity index (χ1) is 14.1. The standard InChI is InChI=1S/C26H44FNO/c1-4-5-16-19-24(2)20-17-14-12-10-8-6-7-9-11-13-15-18-21-25(3)26(29)28-23-22-27/h7-10,13-15,17,24-25H,4-6,11-12,16,18-23H2,1-3H3,(H,28,29)/b9-7-,10-8-,15-13-,17-14-/t24?,25-/m0/s1. The molecule has 0 bridgehead atoms. The van der Waals surface area contributed by atoms with E-state index in [-0.39, 0.29) is 18.4 Å². The van der Waals surface area contributed by atoms with Gasteiger partial charge in [-0.05, 0) is 44.4 Å². The molecule has 29 heavy (non-hydrogen) atoms. The van der Waals surface area contributed by atoms with Crippen molar-refractivity contribution in [3.63, 3.8) is 0 Å². The summed E-state index contributed by atoms with van der Waals surface area (Å²) < 4.78 is 12.0. The van der Waals surface area contributed by atoms with Crippen molar-refractivity contribution in [1.82, 2.24) is 5.32 Å². The van der Waals surface area contributed by atoms with Crippen LogP contribution in [0.5, 0.6) is 0 Å². The van der Waals surface area contributed by atoms with E-state index in [0.717, 1.165) is 38.0 Å². The monoisotopic (exact) mass is 405 g/mol. The molecule has 0 saturated heterocycles. The van der Waals surface area contributed by atoms with Crippen LogP contribution in [0.4, 0.5) is 4.39 Å². The van der Waals surface area contributed by atoms with E-state index in [2.05, 4.69) is 67.8 Å². The van der Waals surface area contributed by atoms with Gasteiger partial charge in [-0.25, -0.2) is 4.39 Å². The molecule has 0 aliphatic heterocycles. The summed E-state index contributed by atoms with van der Waals surface area (Å²) in [5.74, 6) is 0.684. The van der Waals surface area contributed by atoms with Crippen LogP contribution in [-0.4, -0.2) is 19.1 Å². The van der Waals surface area contributed by atoms with Crippen molar-refractivity contribution >= 4 is 5.91 Å². The lowest BCUT2D eigenvalue weighted by atomic mass is 10.00. The van der Waals surface area contributed by atoms with Gasteiger partial charge in [0.2, 0.25) is 5.91 Å². The fourth-order valence-electron chi connectivity index (χ4n) is 2.94. The van der Waals surface area contributed by atoms with Gasteiger partial charge in [0.1, 0.15) is 6.67 Å². The third-order valence-corrected chi connectivity index (χ3v) is 4.93. The van der Waals surface area contributed by atoms with E-state index in [1.807, 2.05) is 6.92 Å². The maximum absolute atomic E-state index is 12.0. The Hall–Kier alpha value is -1.64. The lowest BCUT2D eigenvalue weighted by molar-refractivity contribution is -0.124. The van der Waals surface area contributed by atoms with Crippen LogP contribution in [0.25, 0.3) is 0 Å². The van der Waals surface area contributed by atoms with Gasteiger partial charge < -0.3 is 5.32 Å². The number of rotatable bonds is 18. The molecule has 2 nitrogen and oxygen atoms in total. The van der Waals surface area contributed by atoms with Crippen LogP contribution in [0.3, 0.4) is 0 Å². The highest BCUT2D eigenvalue weighted by atomic mass is 19.1. The molecule has 0 aromatic rings. The van der Waals surface area contributed by atoms with Gasteiger partial charge >= 0.3 is 0 Å². The number of alkyl halides is 1. The summed E-state index contributed by atoms with van der Waals surface area (Å²) in [7, 11) is 0. The molecular weight excluding hydrogens is 361 g/mol. The number of hydrogen-bond acceptors (Lipinski definition) is 1. The number of hydrogen-bond donors (Lipinski definition) is 1. The molecule has 0 radical (unpaired) electrons. The highest BCUT2D eigenvalue weighted by molar-refractivity contribution is 5.78. The van der Waals surface area contributed by atoms with E-state index in [9.17, 15) is 9.18 Å². The van der Waals surface area contributed by atoms with Crippen LogP contribution in [0, 0.1) is 11.8 Å². The SMILES string of the molecule is CCCCCC(C)C/C=C\C/C=C\C/C=C\C/C=C\CC[C@H](C)C(=O)NCCF. The molecule has 0 aromatic heterocycles. The first kappa shape index (κ1) is 27.4. The summed E-state index contributed by atoms with van der Waals surface area (Å²) in [6.45, 7) is 6.11. The van der Waals surface area contributed by atoms with Gasteiger partial charge in [0, 0.05) is 12.5 Å². The van der Waals surface area contributed by atoms with E-state index in [1.54, 1.807) is 0 Å². The summed E-state index contributed by atoms with van der Waals surface area (Å²) >= 11 is 0. The number of unbranched alkanes of at least 4 members (excludes halogenated alkanes) is 2. The molecule has 0 saturated carbocycles. The normalized spacial score (nSPS) is 14.5. The largest absolute Gasteiger partial charge is 0.353 e. The molecule has 1 amide bonds. The van der Waals surface area contributed by atoms with Crippen LogP contribution in [0.2, 0.25) is 0 Å². The maximum Gasteiger partial charge on any atom is 0.222 e. The first-order valence-electron chi connectivity index (χ1n) is 11.5. The van der Waals surface area contributed by atoms with Gasteiger partial charge in [-0.2, -0.15) is 0 Å². The first-order valence-corrected chi connectivity index (χ1v) is 11.5. The highest BCUT2D eigenvalue weighted by Crippen LogP contribution is 2.13. The molecule has 1 N–H and O–H groups in total. The van der Waals surface area contributed by atoms with Crippen LogP contribution >= 0.6 is 0 Å². The summed E-state index contributed by atoms with van der Waals surface area (Å²) in [5, 5.41) is 2.58. The Morgan fingerprint density at radius 3 is 2.03 bits per heavy atom. The molecule has 0 heterocycles. The van der Waals surface area contributed by atoms with Gasteiger partial charge in [-0.3, -0.25) is 4.79 Å². The van der Waals surface area contributed by atoms with E-state index in [4.69, 9.17) is 0 Å². The van der Waals surface area contributed by atoms with Crippen molar-refractivity contribution in [3.8, 4) is 0 Å². The van der Waals surface area contributed by atoms with E-state index < -0.39 is 6.67 Å². The van der Waals surface area contributed by atoms with Gasteiger partial charge in [0.05, 0.1) is 0 Å².